The number of fused-ring (bicyclic) bond motifs is 1. The van der Waals surface area contributed by atoms with Gasteiger partial charge in [0.05, 0.1) is 25.2 Å². The van der Waals surface area contributed by atoms with Crippen molar-refractivity contribution >= 4 is 32.9 Å². The average molecular weight is 596 g/mol. The zero-order chi connectivity index (χ0) is 30.1. The van der Waals surface area contributed by atoms with Gasteiger partial charge >= 0.3 is 10.4 Å². The van der Waals surface area contributed by atoms with E-state index in [-0.39, 0.29) is 30.0 Å². The number of ketones is 2. The number of carbonyl (C=O) groups is 2. The van der Waals surface area contributed by atoms with Crippen LogP contribution in [0.1, 0.15) is 24.0 Å². The standard InChI is InChI=1S/C30H26FNO9S/c1-38-26-16-21-23(17-27(26)39-2)32-12-9-24(21)40-20-6-3-18(4-7-20)14-28(33)30(10-11-30)29(34)15-19-5-8-22(31)25(13-19)41-42(35,36)37/h3-9,12-13,16-17H,10-11,14-15H2,1-2H3,(H,35,36,37). The molecule has 1 saturated carbocycles. The summed E-state index contributed by atoms with van der Waals surface area (Å²) in [5.41, 5.74) is 0.460. The predicted octanol–water partition coefficient (Wildman–Crippen LogP) is 5.07. The summed E-state index contributed by atoms with van der Waals surface area (Å²) in [7, 11) is -1.86. The number of hydrogen-bond donors (Lipinski definition) is 1. The van der Waals surface area contributed by atoms with Crippen LogP contribution < -0.4 is 18.4 Å². The number of halogens is 1. The topological polar surface area (TPSA) is 138 Å². The van der Waals surface area contributed by atoms with Crippen molar-refractivity contribution in [2.75, 3.05) is 14.2 Å². The molecule has 1 aromatic heterocycles. The van der Waals surface area contributed by atoms with Gasteiger partial charge in [0.2, 0.25) is 0 Å². The zero-order valence-electron chi connectivity index (χ0n) is 22.6. The van der Waals surface area contributed by atoms with Crippen molar-refractivity contribution in [3.8, 4) is 28.7 Å². The molecule has 5 rings (SSSR count). The molecule has 0 amide bonds. The van der Waals surface area contributed by atoms with Gasteiger partial charge in [-0.1, -0.05) is 18.2 Å². The highest BCUT2D eigenvalue weighted by Crippen LogP contribution is 2.49. The van der Waals surface area contributed by atoms with Crippen LogP contribution in [0.3, 0.4) is 0 Å². The molecule has 1 N–H and O–H groups in total. The maximum Gasteiger partial charge on any atom is 0.446 e. The third-order valence-electron chi connectivity index (χ3n) is 7.10. The quantitative estimate of drug-likeness (QED) is 0.175. The van der Waals surface area contributed by atoms with Gasteiger partial charge in [-0.25, -0.2) is 4.39 Å². The molecule has 1 aliphatic rings. The highest BCUT2D eigenvalue weighted by molar-refractivity contribution is 7.81. The van der Waals surface area contributed by atoms with E-state index in [0.717, 1.165) is 17.5 Å². The Labute approximate surface area is 241 Å². The number of aromatic nitrogens is 1. The third-order valence-corrected chi connectivity index (χ3v) is 7.49. The summed E-state index contributed by atoms with van der Waals surface area (Å²) in [5, 5.41) is 0.724. The van der Waals surface area contributed by atoms with Crippen molar-refractivity contribution in [1.29, 1.82) is 0 Å². The zero-order valence-corrected chi connectivity index (χ0v) is 23.4. The Morgan fingerprint density at radius 2 is 1.48 bits per heavy atom. The van der Waals surface area contributed by atoms with Crippen LogP contribution in [0.25, 0.3) is 10.9 Å². The second-order valence-electron chi connectivity index (χ2n) is 9.84. The molecule has 1 aliphatic carbocycles. The average Bonchev–Trinajstić information content (AvgIpc) is 3.77. The second-order valence-corrected chi connectivity index (χ2v) is 10.9. The minimum atomic E-state index is -4.95. The summed E-state index contributed by atoms with van der Waals surface area (Å²) in [5.74, 6) is -0.184. The molecule has 0 radical (unpaired) electrons. The van der Waals surface area contributed by atoms with Gasteiger partial charge in [-0.05, 0) is 60.4 Å². The number of nitrogens with zero attached hydrogens (tertiary/aromatic N) is 1. The molecule has 4 aromatic rings. The van der Waals surface area contributed by atoms with Gasteiger partial charge in [0.1, 0.15) is 11.5 Å². The lowest BCUT2D eigenvalue weighted by Crippen LogP contribution is -2.29. The number of rotatable bonds is 12. The van der Waals surface area contributed by atoms with Crippen molar-refractivity contribution in [2.24, 2.45) is 5.41 Å². The number of methoxy groups -OCH3 is 2. The van der Waals surface area contributed by atoms with Crippen LogP contribution in [0.5, 0.6) is 28.7 Å². The van der Waals surface area contributed by atoms with E-state index in [0.29, 0.717) is 46.9 Å². The molecule has 0 spiro atoms. The highest BCUT2D eigenvalue weighted by atomic mass is 32.3. The Kier molecular flexibility index (Phi) is 7.85. The second kappa shape index (κ2) is 11.4. The van der Waals surface area contributed by atoms with Gasteiger partial charge in [-0.3, -0.25) is 19.1 Å². The van der Waals surface area contributed by atoms with E-state index in [2.05, 4.69) is 9.17 Å². The Bertz CT molecular complexity index is 1790. The molecule has 12 heteroatoms. The van der Waals surface area contributed by atoms with Crippen LogP contribution in [0.2, 0.25) is 0 Å². The summed E-state index contributed by atoms with van der Waals surface area (Å²) in [6, 6.07) is 15.5. The number of benzene rings is 3. The molecule has 218 valence electrons. The molecule has 0 aliphatic heterocycles. The van der Waals surface area contributed by atoms with Gasteiger partial charge in [0.25, 0.3) is 0 Å². The van der Waals surface area contributed by atoms with Crippen LogP contribution in [0, 0.1) is 11.2 Å². The van der Waals surface area contributed by atoms with Crippen molar-refractivity contribution < 1.29 is 45.3 Å². The van der Waals surface area contributed by atoms with Crippen molar-refractivity contribution in [1.82, 2.24) is 4.98 Å². The third kappa shape index (κ3) is 6.19. The first-order valence-electron chi connectivity index (χ1n) is 12.8. The Morgan fingerprint density at radius 3 is 2.10 bits per heavy atom. The molecule has 0 unspecified atom stereocenters. The monoisotopic (exact) mass is 595 g/mol. The van der Waals surface area contributed by atoms with Crippen molar-refractivity contribution in [3.63, 3.8) is 0 Å². The number of ether oxygens (including phenoxy) is 3. The number of carbonyl (C=O) groups excluding carboxylic acids is 2. The normalized spacial score (nSPS) is 13.8. The molecule has 1 fully saturated rings. The smallest absolute Gasteiger partial charge is 0.446 e. The van der Waals surface area contributed by atoms with Crippen LogP contribution in [-0.4, -0.2) is 43.7 Å². The maximum atomic E-state index is 13.9. The SMILES string of the molecule is COc1cc2nccc(Oc3ccc(CC(=O)C4(C(=O)Cc5ccc(F)c(OS(=O)(=O)O)c5)CC4)cc3)c2cc1OC. The molecular formula is C30H26FNO9S. The summed E-state index contributed by atoms with van der Waals surface area (Å²) >= 11 is 0. The minimum absolute atomic E-state index is 0.0295. The Balaban J connectivity index is 1.26. The molecule has 3 aromatic carbocycles. The minimum Gasteiger partial charge on any atom is -0.493 e. The van der Waals surface area contributed by atoms with E-state index in [1.54, 1.807) is 62.9 Å². The fraction of sp³-hybridized carbons (Fsp3) is 0.233. The molecule has 0 atom stereocenters. The first kappa shape index (κ1) is 29.0. The van der Waals surface area contributed by atoms with E-state index in [9.17, 15) is 22.4 Å². The molecule has 1 heterocycles. The van der Waals surface area contributed by atoms with Crippen molar-refractivity contribution in [3.05, 3.63) is 83.8 Å². The summed E-state index contributed by atoms with van der Waals surface area (Å²) < 4.78 is 65.7. The molecule has 42 heavy (non-hydrogen) atoms. The number of hydrogen-bond acceptors (Lipinski definition) is 9. The maximum absolute atomic E-state index is 13.9. The van der Waals surface area contributed by atoms with Gasteiger partial charge in [-0.15, -0.1) is 0 Å². The molecule has 0 bridgehead atoms. The lowest BCUT2D eigenvalue weighted by Gasteiger charge is -2.14. The van der Waals surface area contributed by atoms with Gasteiger partial charge in [-0.2, -0.15) is 8.42 Å². The fourth-order valence-corrected chi connectivity index (χ4v) is 5.08. The largest absolute Gasteiger partial charge is 0.493 e. The molecule has 10 nitrogen and oxygen atoms in total. The lowest BCUT2D eigenvalue weighted by molar-refractivity contribution is -0.133. The summed E-state index contributed by atoms with van der Waals surface area (Å²) in [6.07, 6.45) is 2.21. The summed E-state index contributed by atoms with van der Waals surface area (Å²) in [4.78, 5) is 30.7. The fourth-order valence-electron chi connectivity index (χ4n) is 4.72. The van der Waals surface area contributed by atoms with Crippen LogP contribution in [-0.2, 0) is 32.8 Å². The number of pyridine rings is 1. The first-order chi connectivity index (χ1) is 20.0. The Morgan fingerprint density at radius 1 is 0.857 bits per heavy atom. The summed E-state index contributed by atoms with van der Waals surface area (Å²) in [6.45, 7) is 0. The predicted molar refractivity (Wildman–Crippen MR) is 149 cm³/mol. The van der Waals surface area contributed by atoms with E-state index < -0.39 is 27.4 Å². The first-order valence-corrected chi connectivity index (χ1v) is 14.2. The van der Waals surface area contributed by atoms with Crippen molar-refractivity contribution in [2.45, 2.75) is 25.7 Å². The van der Waals surface area contributed by atoms with Gasteiger partial charge < -0.3 is 18.4 Å². The lowest BCUT2D eigenvalue weighted by atomic mass is 9.88. The van der Waals surface area contributed by atoms with E-state index in [4.69, 9.17) is 18.8 Å². The van der Waals surface area contributed by atoms with E-state index in [1.807, 2.05) is 0 Å². The van der Waals surface area contributed by atoms with Gasteiger partial charge in [0, 0.05) is 30.5 Å². The van der Waals surface area contributed by atoms with Crippen LogP contribution in [0.15, 0.2) is 66.9 Å². The highest BCUT2D eigenvalue weighted by Gasteiger charge is 2.54. The number of Topliss-reactive ketones (excluding diaryl/α,β-unsaturated/α-hetero) is 2. The molecular weight excluding hydrogens is 569 g/mol. The van der Waals surface area contributed by atoms with Crippen LogP contribution in [0.4, 0.5) is 4.39 Å². The van der Waals surface area contributed by atoms with E-state index in [1.165, 1.54) is 6.07 Å². The molecule has 0 saturated heterocycles. The van der Waals surface area contributed by atoms with Crippen LogP contribution >= 0.6 is 0 Å². The van der Waals surface area contributed by atoms with Gasteiger partial charge in [0.15, 0.2) is 34.6 Å². The van der Waals surface area contributed by atoms with E-state index >= 15 is 0 Å². The Hall–Kier alpha value is -4.55.